The topological polar surface area (TPSA) is 29.5 Å². The Labute approximate surface area is 112 Å². The summed E-state index contributed by atoms with van der Waals surface area (Å²) in [5.74, 6) is 0.817. The molecule has 0 fully saturated rings. The summed E-state index contributed by atoms with van der Waals surface area (Å²) in [6.45, 7) is 6.09. The third-order valence-electron chi connectivity index (χ3n) is 3.08. The molecule has 3 heteroatoms. The number of aliphatic hydroxyl groups excluding tert-OH is 1. The maximum atomic E-state index is 10.5. The molecule has 0 aliphatic rings. The van der Waals surface area contributed by atoms with Crippen molar-refractivity contribution in [1.29, 1.82) is 0 Å². The smallest absolute Gasteiger partial charge is 0.122 e. The van der Waals surface area contributed by atoms with Crippen LogP contribution in [0.5, 0.6) is 5.75 Å². The van der Waals surface area contributed by atoms with Crippen molar-refractivity contribution in [3.05, 3.63) is 50.7 Å². The summed E-state index contributed by atoms with van der Waals surface area (Å²) >= 11 is 1.64. The van der Waals surface area contributed by atoms with E-state index in [0.717, 1.165) is 27.3 Å². The van der Waals surface area contributed by atoms with Crippen LogP contribution in [0, 0.1) is 20.8 Å². The number of hydrogen-bond acceptors (Lipinski definition) is 3. The third-order valence-corrected chi connectivity index (χ3v) is 4.28. The largest absolute Gasteiger partial charge is 0.496 e. The van der Waals surface area contributed by atoms with Crippen molar-refractivity contribution in [2.75, 3.05) is 7.11 Å². The van der Waals surface area contributed by atoms with Crippen molar-refractivity contribution in [3.8, 4) is 5.75 Å². The average Bonchev–Trinajstić information content (AvgIpc) is 2.68. The minimum absolute atomic E-state index is 0.571. The number of aliphatic hydroxyl groups is 1. The van der Waals surface area contributed by atoms with Crippen molar-refractivity contribution < 1.29 is 9.84 Å². The highest BCUT2D eigenvalue weighted by Gasteiger charge is 2.16. The Hall–Kier alpha value is -1.32. The van der Waals surface area contributed by atoms with Gasteiger partial charge in [0.2, 0.25) is 0 Å². The van der Waals surface area contributed by atoms with Crippen LogP contribution in [0.25, 0.3) is 0 Å². The fraction of sp³-hybridized carbons (Fsp3) is 0.333. The van der Waals surface area contributed by atoms with Gasteiger partial charge < -0.3 is 9.84 Å². The van der Waals surface area contributed by atoms with E-state index < -0.39 is 6.10 Å². The Morgan fingerprint density at radius 2 is 1.83 bits per heavy atom. The molecule has 1 heterocycles. The molecule has 18 heavy (non-hydrogen) atoms. The summed E-state index contributed by atoms with van der Waals surface area (Å²) in [6, 6.07) is 7.95. The van der Waals surface area contributed by atoms with Gasteiger partial charge in [-0.1, -0.05) is 12.1 Å². The van der Waals surface area contributed by atoms with Crippen molar-refractivity contribution in [1.82, 2.24) is 0 Å². The molecule has 0 spiro atoms. The molecule has 0 aliphatic heterocycles. The first kappa shape index (κ1) is 13.1. The van der Waals surface area contributed by atoms with E-state index in [-0.39, 0.29) is 0 Å². The van der Waals surface area contributed by atoms with E-state index in [9.17, 15) is 5.11 Å². The molecule has 2 aromatic rings. The number of hydrogen-bond donors (Lipinski definition) is 1. The van der Waals surface area contributed by atoms with Crippen LogP contribution in [0.1, 0.15) is 32.5 Å². The summed E-state index contributed by atoms with van der Waals surface area (Å²) in [6.07, 6.45) is -0.571. The number of benzene rings is 1. The summed E-state index contributed by atoms with van der Waals surface area (Å²) in [5, 5.41) is 10.5. The Morgan fingerprint density at radius 1 is 1.11 bits per heavy atom. The Bertz CT molecular complexity index is 558. The molecule has 0 radical (unpaired) electrons. The van der Waals surface area contributed by atoms with Gasteiger partial charge in [-0.15, -0.1) is 11.3 Å². The Morgan fingerprint density at radius 3 is 2.39 bits per heavy atom. The van der Waals surface area contributed by atoms with Crippen molar-refractivity contribution in [2.45, 2.75) is 26.9 Å². The second kappa shape index (κ2) is 5.12. The van der Waals surface area contributed by atoms with Gasteiger partial charge in [-0.25, -0.2) is 0 Å². The molecule has 0 saturated carbocycles. The van der Waals surface area contributed by atoms with Crippen LogP contribution in [0.3, 0.4) is 0 Å². The number of ether oxygens (including phenoxy) is 1. The first-order chi connectivity index (χ1) is 8.52. The number of aryl methyl sites for hydroxylation is 3. The van der Waals surface area contributed by atoms with Crippen molar-refractivity contribution >= 4 is 11.3 Å². The first-order valence-electron chi connectivity index (χ1n) is 5.92. The highest BCUT2D eigenvalue weighted by molar-refractivity contribution is 7.12. The fourth-order valence-electron chi connectivity index (χ4n) is 2.09. The molecule has 1 unspecified atom stereocenters. The predicted molar refractivity (Wildman–Crippen MR) is 75.6 cm³/mol. The van der Waals surface area contributed by atoms with Gasteiger partial charge in [0.15, 0.2) is 0 Å². The first-order valence-corrected chi connectivity index (χ1v) is 6.74. The lowest BCUT2D eigenvalue weighted by Crippen LogP contribution is -2.00. The Balaban J connectivity index is 2.39. The van der Waals surface area contributed by atoms with E-state index in [1.807, 2.05) is 32.0 Å². The summed E-state index contributed by atoms with van der Waals surface area (Å²) in [7, 11) is 1.65. The van der Waals surface area contributed by atoms with Crippen LogP contribution in [0.15, 0.2) is 24.3 Å². The van der Waals surface area contributed by atoms with Gasteiger partial charge >= 0.3 is 0 Å². The van der Waals surface area contributed by atoms with Crippen LogP contribution >= 0.6 is 11.3 Å². The molecule has 2 nitrogen and oxygen atoms in total. The fourth-order valence-corrected chi connectivity index (χ4v) is 3.14. The monoisotopic (exact) mass is 262 g/mol. The second-order valence-electron chi connectivity index (χ2n) is 4.54. The minimum Gasteiger partial charge on any atom is -0.496 e. The van der Waals surface area contributed by atoms with Crippen molar-refractivity contribution in [3.63, 3.8) is 0 Å². The van der Waals surface area contributed by atoms with Crippen molar-refractivity contribution in [2.24, 2.45) is 0 Å². The molecular weight excluding hydrogens is 244 g/mol. The lowest BCUT2D eigenvalue weighted by molar-refractivity contribution is 0.223. The molecule has 1 N–H and O–H groups in total. The van der Waals surface area contributed by atoms with Gasteiger partial charge in [0.1, 0.15) is 11.9 Å². The number of rotatable bonds is 3. The molecule has 96 valence electrons. The van der Waals surface area contributed by atoms with E-state index in [0.29, 0.717) is 0 Å². The maximum absolute atomic E-state index is 10.5. The van der Waals surface area contributed by atoms with E-state index in [2.05, 4.69) is 13.0 Å². The van der Waals surface area contributed by atoms with E-state index in [4.69, 9.17) is 4.74 Å². The summed E-state index contributed by atoms with van der Waals surface area (Å²) < 4.78 is 5.30. The Kier molecular flexibility index (Phi) is 3.73. The lowest BCUT2D eigenvalue weighted by atomic mass is 10.0. The van der Waals surface area contributed by atoms with Crippen LogP contribution in [0.4, 0.5) is 0 Å². The van der Waals surface area contributed by atoms with Crippen LogP contribution in [0.2, 0.25) is 0 Å². The third kappa shape index (κ3) is 2.42. The SMILES string of the molecule is COc1cc(C(O)c2sc(C)cc2C)ccc1C. The van der Waals surface area contributed by atoms with Crippen LogP contribution in [-0.4, -0.2) is 12.2 Å². The standard InChI is InChI=1S/C15H18O2S/c1-9-5-6-12(8-13(9)17-4)14(16)15-10(2)7-11(3)18-15/h5-8,14,16H,1-4H3. The zero-order valence-electron chi connectivity index (χ0n) is 11.2. The number of methoxy groups -OCH3 is 1. The molecule has 0 aliphatic carbocycles. The van der Waals surface area contributed by atoms with Gasteiger partial charge in [0.25, 0.3) is 0 Å². The van der Waals surface area contributed by atoms with Gasteiger partial charge in [-0.2, -0.15) is 0 Å². The maximum Gasteiger partial charge on any atom is 0.122 e. The highest BCUT2D eigenvalue weighted by atomic mass is 32.1. The number of thiophene rings is 1. The van der Waals surface area contributed by atoms with Gasteiger partial charge in [0.05, 0.1) is 7.11 Å². The van der Waals surface area contributed by atoms with Crippen LogP contribution < -0.4 is 4.74 Å². The average molecular weight is 262 g/mol. The highest BCUT2D eigenvalue weighted by Crippen LogP contribution is 2.33. The van der Waals surface area contributed by atoms with E-state index in [1.165, 1.54) is 4.88 Å². The minimum atomic E-state index is -0.571. The van der Waals surface area contributed by atoms with Gasteiger partial charge in [-0.3, -0.25) is 0 Å². The quantitative estimate of drug-likeness (QED) is 0.912. The zero-order valence-corrected chi connectivity index (χ0v) is 12.0. The molecule has 0 amide bonds. The zero-order chi connectivity index (χ0) is 13.3. The van der Waals surface area contributed by atoms with E-state index in [1.54, 1.807) is 18.4 Å². The molecule has 1 aromatic heterocycles. The summed E-state index contributed by atoms with van der Waals surface area (Å²) in [5.41, 5.74) is 3.10. The second-order valence-corrected chi connectivity index (χ2v) is 5.82. The van der Waals surface area contributed by atoms with Gasteiger partial charge in [0, 0.05) is 9.75 Å². The predicted octanol–water partition coefficient (Wildman–Crippen LogP) is 3.76. The molecule has 1 atom stereocenters. The lowest BCUT2D eigenvalue weighted by Gasteiger charge is -2.13. The normalized spacial score (nSPS) is 12.5. The van der Waals surface area contributed by atoms with E-state index >= 15 is 0 Å². The molecule has 0 saturated heterocycles. The molecule has 1 aromatic carbocycles. The molecule has 2 rings (SSSR count). The summed E-state index contributed by atoms with van der Waals surface area (Å²) in [4.78, 5) is 2.24. The molecule has 0 bridgehead atoms. The molecular formula is C15H18O2S. The van der Waals surface area contributed by atoms with Gasteiger partial charge in [-0.05, 0) is 49.6 Å². The van der Waals surface area contributed by atoms with Crippen LogP contribution in [-0.2, 0) is 0 Å².